The standard InChI is InChI=1S/C16H25N3O2/c1-11(2)15-18-12(3)8-14(19-15)21-13-9-16(20-10-13)4-6-17-7-5-16/h8,11,13,17H,4-7,9-10H2,1-3H3. The topological polar surface area (TPSA) is 56.3 Å². The van der Waals surface area contributed by atoms with Crippen molar-refractivity contribution in [2.24, 2.45) is 0 Å². The average molecular weight is 291 g/mol. The molecule has 0 saturated carbocycles. The van der Waals surface area contributed by atoms with Crippen LogP contribution in [0.3, 0.4) is 0 Å². The lowest BCUT2D eigenvalue weighted by atomic mass is 9.89. The maximum absolute atomic E-state index is 6.08. The summed E-state index contributed by atoms with van der Waals surface area (Å²) in [6.45, 7) is 8.93. The fraction of sp³-hybridized carbons (Fsp3) is 0.750. The summed E-state index contributed by atoms with van der Waals surface area (Å²) in [4.78, 5) is 8.99. The van der Waals surface area contributed by atoms with E-state index in [-0.39, 0.29) is 11.7 Å². The number of ether oxygens (including phenoxy) is 2. The van der Waals surface area contributed by atoms with Crippen LogP contribution in [0.25, 0.3) is 0 Å². The minimum atomic E-state index is 0.0267. The van der Waals surface area contributed by atoms with Gasteiger partial charge in [-0.15, -0.1) is 0 Å². The van der Waals surface area contributed by atoms with E-state index in [1.54, 1.807) is 0 Å². The van der Waals surface area contributed by atoms with Crippen LogP contribution in [0.5, 0.6) is 5.88 Å². The zero-order valence-corrected chi connectivity index (χ0v) is 13.2. The molecular formula is C16H25N3O2. The van der Waals surface area contributed by atoms with Crippen LogP contribution in [0.1, 0.15) is 50.5 Å². The number of hydrogen-bond donors (Lipinski definition) is 1. The molecule has 1 N–H and O–H groups in total. The molecule has 116 valence electrons. The molecule has 0 aliphatic carbocycles. The highest BCUT2D eigenvalue weighted by molar-refractivity contribution is 5.17. The molecule has 1 aromatic rings. The smallest absolute Gasteiger partial charge is 0.217 e. The highest BCUT2D eigenvalue weighted by atomic mass is 16.6. The first-order valence-electron chi connectivity index (χ1n) is 7.93. The second-order valence-electron chi connectivity index (χ2n) is 6.55. The van der Waals surface area contributed by atoms with Crippen molar-refractivity contribution in [2.75, 3.05) is 19.7 Å². The molecule has 1 unspecified atom stereocenters. The molecule has 21 heavy (non-hydrogen) atoms. The van der Waals surface area contributed by atoms with Gasteiger partial charge in [-0.2, -0.15) is 4.98 Å². The monoisotopic (exact) mass is 291 g/mol. The molecule has 2 fully saturated rings. The van der Waals surface area contributed by atoms with Crippen LogP contribution in [-0.4, -0.2) is 41.4 Å². The van der Waals surface area contributed by atoms with Gasteiger partial charge >= 0.3 is 0 Å². The number of nitrogens with one attached hydrogen (secondary N) is 1. The molecule has 3 heterocycles. The maximum Gasteiger partial charge on any atom is 0.217 e. The van der Waals surface area contributed by atoms with Gasteiger partial charge in [0.15, 0.2) is 0 Å². The van der Waals surface area contributed by atoms with E-state index >= 15 is 0 Å². The van der Waals surface area contributed by atoms with E-state index in [9.17, 15) is 0 Å². The van der Waals surface area contributed by atoms with Crippen LogP contribution in [0, 0.1) is 6.92 Å². The Hall–Kier alpha value is -1.20. The van der Waals surface area contributed by atoms with Gasteiger partial charge in [0.2, 0.25) is 5.88 Å². The molecule has 2 saturated heterocycles. The third-order valence-electron chi connectivity index (χ3n) is 4.34. The van der Waals surface area contributed by atoms with Crippen LogP contribution in [-0.2, 0) is 4.74 Å². The molecule has 1 spiro atoms. The molecule has 5 nitrogen and oxygen atoms in total. The van der Waals surface area contributed by atoms with Crippen molar-refractivity contribution in [2.45, 2.75) is 57.7 Å². The molecule has 2 aliphatic heterocycles. The number of nitrogens with zero attached hydrogens (tertiary/aromatic N) is 2. The zero-order valence-electron chi connectivity index (χ0n) is 13.2. The fourth-order valence-corrected chi connectivity index (χ4v) is 3.16. The molecule has 5 heteroatoms. The fourth-order valence-electron chi connectivity index (χ4n) is 3.16. The Labute approximate surface area is 126 Å². The minimum absolute atomic E-state index is 0.0267. The van der Waals surface area contributed by atoms with Gasteiger partial charge < -0.3 is 14.8 Å². The summed E-state index contributed by atoms with van der Waals surface area (Å²) in [5, 5.41) is 3.39. The summed E-state index contributed by atoms with van der Waals surface area (Å²) in [5.74, 6) is 1.84. The lowest BCUT2D eigenvalue weighted by Gasteiger charge is -2.32. The van der Waals surface area contributed by atoms with Crippen molar-refractivity contribution in [1.29, 1.82) is 0 Å². The van der Waals surface area contributed by atoms with Crippen molar-refractivity contribution in [3.63, 3.8) is 0 Å². The number of aryl methyl sites for hydroxylation is 1. The van der Waals surface area contributed by atoms with E-state index in [0.717, 1.165) is 43.9 Å². The first-order chi connectivity index (χ1) is 10.1. The molecule has 3 rings (SSSR count). The number of rotatable bonds is 3. The van der Waals surface area contributed by atoms with Crippen molar-refractivity contribution < 1.29 is 9.47 Å². The normalized spacial score (nSPS) is 24.7. The summed E-state index contributed by atoms with van der Waals surface area (Å²) in [7, 11) is 0. The van der Waals surface area contributed by atoms with Gasteiger partial charge in [0.1, 0.15) is 11.9 Å². The predicted molar refractivity (Wildman–Crippen MR) is 80.7 cm³/mol. The van der Waals surface area contributed by atoms with Crippen LogP contribution in [0.4, 0.5) is 0 Å². The minimum Gasteiger partial charge on any atom is -0.472 e. The van der Waals surface area contributed by atoms with Crippen LogP contribution in [0.15, 0.2) is 6.07 Å². The van der Waals surface area contributed by atoms with Gasteiger partial charge in [0, 0.05) is 24.1 Å². The highest BCUT2D eigenvalue weighted by Crippen LogP contribution is 2.35. The third kappa shape index (κ3) is 3.35. The maximum atomic E-state index is 6.08. The van der Waals surface area contributed by atoms with E-state index in [2.05, 4.69) is 29.1 Å². The van der Waals surface area contributed by atoms with Crippen molar-refractivity contribution in [3.05, 3.63) is 17.6 Å². The second-order valence-corrected chi connectivity index (χ2v) is 6.55. The second kappa shape index (κ2) is 5.89. The highest BCUT2D eigenvalue weighted by Gasteiger charge is 2.42. The Morgan fingerprint density at radius 3 is 2.81 bits per heavy atom. The molecule has 0 radical (unpaired) electrons. The van der Waals surface area contributed by atoms with Crippen LogP contribution < -0.4 is 10.1 Å². The molecular weight excluding hydrogens is 266 g/mol. The Kier molecular flexibility index (Phi) is 4.13. The first-order valence-corrected chi connectivity index (χ1v) is 7.93. The molecule has 0 amide bonds. The summed E-state index contributed by atoms with van der Waals surface area (Å²) in [6, 6.07) is 1.92. The van der Waals surface area contributed by atoms with E-state index < -0.39 is 0 Å². The number of aromatic nitrogens is 2. The third-order valence-corrected chi connectivity index (χ3v) is 4.34. The Balaban J connectivity index is 1.67. The summed E-state index contributed by atoms with van der Waals surface area (Å²) >= 11 is 0. The summed E-state index contributed by atoms with van der Waals surface area (Å²) < 4.78 is 12.1. The molecule has 0 bridgehead atoms. The molecule has 1 aromatic heterocycles. The van der Waals surface area contributed by atoms with Crippen molar-refractivity contribution in [1.82, 2.24) is 15.3 Å². The SMILES string of the molecule is Cc1cc(OC2COC3(CCNCC3)C2)nc(C(C)C)n1. The summed E-state index contributed by atoms with van der Waals surface area (Å²) in [6.07, 6.45) is 3.23. The molecule has 1 atom stereocenters. The van der Waals surface area contributed by atoms with Gasteiger partial charge in [-0.1, -0.05) is 13.8 Å². The van der Waals surface area contributed by atoms with Gasteiger partial charge in [0.25, 0.3) is 0 Å². The van der Waals surface area contributed by atoms with E-state index in [4.69, 9.17) is 9.47 Å². The largest absolute Gasteiger partial charge is 0.472 e. The Morgan fingerprint density at radius 2 is 2.10 bits per heavy atom. The predicted octanol–water partition coefficient (Wildman–Crippen LogP) is 2.20. The number of piperidine rings is 1. The lowest BCUT2D eigenvalue weighted by Crippen LogP contribution is -2.41. The van der Waals surface area contributed by atoms with Gasteiger partial charge in [-0.05, 0) is 32.9 Å². The Morgan fingerprint density at radius 1 is 1.33 bits per heavy atom. The number of hydrogen-bond acceptors (Lipinski definition) is 5. The van der Waals surface area contributed by atoms with Crippen LogP contribution >= 0.6 is 0 Å². The van der Waals surface area contributed by atoms with Gasteiger partial charge in [-0.3, -0.25) is 0 Å². The summed E-state index contributed by atoms with van der Waals surface area (Å²) in [5.41, 5.74) is 0.984. The molecule has 0 aromatic carbocycles. The average Bonchev–Trinajstić information content (AvgIpc) is 2.81. The van der Waals surface area contributed by atoms with E-state index in [0.29, 0.717) is 18.4 Å². The van der Waals surface area contributed by atoms with Gasteiger partial charge in [0.05, 0.1) is 12.2 Å². The first kappa shape index (κ1) is 14.7. The molecule has 2 aliphatic rings. The van der Waals surface area contributed by atoms with Gasteiger partial charge in [-0.25, -0.2) is 4.98 Å². The van der Waals surface area contributed by atoms with Crippen molar-refractivity contribution in [3.8, 4) is 5.88 Å². The quantitative estimate of drug-likeness (QED) is 0.925. The van der Waals surface area contributed by atoms with Crippen molar-refractivity contribution >= 4 is 0 Å². The van der Waals surface area contributed by atoms with E-state index in [1.807, 2.05) is 13.0 Å². The van der Waals surface area contributed by atoms with Crippen LogP contribution in [0.2, 0.25) is 0 Å². The Bertz CT molecular complexity index is 498. The lowest BCUT2D eigenvalue weighted by molar-refractivity contribution is -0.0205. The zero-order chi connectivity index (χ0) is 14.9. The van der Waals surface area contributed by atoms with E-state index in [1.165, 1.54) is 0 Å².